The molecule has 34 heavy (non-hydrogen) atoms. The molecule has 2 aromatic heterocycles. The van der Waals surface area contributed by atoms with Gasteiger partial charge in [-0.15, -0.1) is 0 Å². The fourth-order valence-corrected chi connectivity index (χ4v) is 4.39. The van der Waals surface area contributed by atoms with Crippen LogP contribution in [0.15, 0.2) is 77.5 Å². The van der Waals surface area contributed by atoms with Crippen molar-refractivity contribution in [2.45, 2.75) is 6.42 Å². The maximum absolute atomic E-state index is 13.6. The van der Waals surface area contributed by atoms with Gasteiger partial charge in [-0.1, -0.05) is 12.1 Å². The molecule has 174 valence electrons. The number of nitrogens with zero attached hydrogens (tertiary/aromatic N) is 2. The maximum Gasteiger partial charge on any atom is 0.257 e. The topological polar surface area (TPSA) is 76.8 Å². The largest absolute Gasteiger partial charge is 0.497 e. The second-order valence-corrected chi connectivity index (χ2v) is 8.40. The zero-order valence-electron chi connectivity index (χ0n) is 19.1. The SMILES string of the molecule is COc1ccc(Nc2ncccc2C(=O)N2CCOC[C@@H](Cc3cccc4occc34)C2)cc1. The Balaban J connectivity index is 1.34. The van der Waals surface area contributed by atoms with Crippen molar-refractivity contribution in [2.24, 2.45) is 5.92 Å². The van der Waals surface area contributed by atoms with E-state index < -0.39 is 0 Å². The van der Waals surface area contributed by atoms with Crippen LogP contribution in [0.3, 0.4) is 0 Å². The molecule has 4 aromatic rings. The predicted molar refractivity (Wildman–Crippen MR) is 131 cm³/mol. The van der Waals surface area contributed by atoms with E-state index in [1.807, 2.05) is 53.4 Å². The Morgan fingerprint density at radius 2 is 2.03 bits per heavy atom. The van der Waals surface area contributed by atoms with Crippen molar-refractivity contribution in [2.75, 3.05) is 38.7 Å². The van der Waals surface area contributed by atoms with Crippen molar-refractivity contribution in [3.8, 4) is 5.75 Å². The Kier molecular flexibility index (Phi) is 6.44. The summed E-state index contributed by atoms with van der Waals surface area (Å²) in [6.07, 6.45) is 4.21. The molecule has 0 aliphatic carbocycles. The van der Waals surface area contributed by atoms with Gasteiger partial charge in [-0.3, -0.25) is 4.79 Å². The highest BCUT2D eigenvalue weighted by Gasteiger charge is 2.26. The lowest BCUT2D eigenvalue weighted by Gasteiger charge is -2.25. The molecule has 0 spiro atoms. The van der Waals surface area contributed by atoms with E-state index >= 15 is 0 Å². The number of anilines is 2. The molecule has 1 atom stereocenters. The number of furan rings is 1. The highest BCUT2D eigenvalue weighted by molar-refractivity contribution is 5.99. The zero-order valence-corrected chi connectivity index (χ0v) is 19.1. The van der Waals surface area contributed by atoms with Gasteiger partial charge in [-0.2, -0.15) is 0 Å². The molecule has 1 aliphatic rings. The number of fused-ring (bicyclic) bond motifs is 1. The molecular weight excluding hydrogens is 430 g/mol. The number of hydrogen-bond donors (Lipinski definition) is 1. The number of rotatable bonds is 6. The quantitative estimate of drug-likeness (QED) is 0.443. The van der Waals surface area contributed by atoms with Gasteiger partial charge in [-0.25, -0.2) is 4.98 Å². The molecule has 1 N–H and O–H groups in total. The van der Waals surface area contributed by atoms with Gasteiger partial charge in [0.2, 0.25) is 0 Å². The molecular formula is C27H27N3O4. The first-order chi connectivity index (χ1) is 16.7. The number of aromatic nitrogens is 1. The van der Waals surface area contributed by atoms with E-state index in [2.05, 4.69) is 16.4 Å². The zero-order chi connectivity index (χ0) is 23.3. The van der Waals surface area contributed by atoms with Crippen LogP contribution in [0.25, 0.3) is 11.0 Å². The summed E-state index contributed by atoms with van der Waals surface area (Å²) in [4.78, 5) is 19.9. The minimum atomic E-state index is -0.0545. The van der Waals surface area contributed by atoms with E-state index in [0.29, 0.717) is 37.7 Å². The molecule has 1 amide bonds. The first-order valence-corrected chi connectivity index (χ1v) is 11.4. The monoisotopic (exact) mass is 457 g/mol. The minimum absolute atomic E-state index is 0.0545. The van der Waals surface area contributed by atoms with Crippen LogP contribution in [0.5, 0.6) is 5.75 Å². The molecule has 1 saturated heterocycles. The summed E-state index contributed by atoms with van der Waals surface area (Å²) in [5.41, 5.74) is 3.46. The molecule has 1 fully saturated rings. The van der Waals surface area contributed by atoms with Crippen LogP contribution in [0.1, 0.15) is 15.9 Å². The van der Waals surface area contributed by atoms with Crippen molar-refractivity contribution in [3.63, 3.8) is 0 Å². The van der Waals surface area contributed by atoms with Crippen LogP contribution in [0.2, 0.25) is 0 Å². The Morgan fingerprint density at radius 1 is 1.15 bits per heavy atom. The molecule has 1 aliphatic heterocycles. The summed E-state index contributed by atoms with van der Waals surface area (Å²) in [5, 5.41) is 4.39. The van der Waals surface area contributed by atoms with Crippen molar-refractivity contribution in [3.05, 3.63) is 84.3 Å². The van der Waals surface area contributed by atoms with Crippen LogP contribution in [-0.2, 0) is 11.2 Å². The van der Waals surface area contributed by atoms with Gasteiger partial charge in [-0.05, 0) is 60.5 Å². The summed E-state index contributed by atoms with van der Waals surface area (Å²) in [5.74, 6) is 1.43. The number of carbonyl (C=O) groups excluding carboxylic acids is 1. The summed E-state index contributed by atoms with van der Waals surface area (Å²) < 4.78 is 16.6. The van der Waals surface area contributed by atoms with E-state index in [1.54, 1.807) is 25.6 Å². The molecule has 3 heterocycles. The Bertz CT molecular complexity index is 1270. The van der Waals surface area contributed by atoms with E-state index in [1.165, 1.54) is 5.56 Å². The molecule has 0 saturated carbocycles. The first-order valence-electron chi connectivity index (χ1n) is 11.4. The van der Waals surface area contributed by atoms with Crippen LogP contribution < -0.4 is 10.1 Å². The lowest BCUT2D eigenvalue weighted by atomic mass is 9.97. The van der Waals surface area contributed by atoms with E-state index in [4.69, 9.17) is 13.9 Å². The molecule has 5 rings (SSSR count). The van der Waals surface area contributed by atoms with Gasteiger partial charge in [0, 0.05) is 36.3 Å². The van der Waals surface area contributed by atoms with Gasteiger partial charge < -0.3 is 24.1 Å². The molecule has 0 bridgehead atoms. The summed E-state index contributed by atoms with van der Waals surface area (Å²) in [7, 11) is 1.63. The van der Waals surface area contributed by atoms with Gasteiger partial charge in [0.25, 0.3) is 5.91 Å². The van der Waals surface area contributed by atoms with E-state index in [0.717, 1.165) is 28.8 Å². The van der Waals surface area contributed by atoms with Crippen molar-refractivity contribution < 1.29 is 18.7 Å². The Labute approximate surface area is 198 Å². The smallest absolute Gasteiger partial charge is 0.257 e. The van der Waals surface area contributed by atoms with Gasteiger partial charge in [0.05, 0.1) is 32.2 Å². The van der Waals surface area contributed by atoms with E-state index in [9.17, 15) is 4.79 Å². The van der Waals surface area contributed by atoms with Crippen LogP contribution in [0.4, 0.5) is 11.5 Å². The predicted octanol–water partition coefficient (Wildman–Crippen LogP) is 4.91. The average Bonchev–Trinajstić information content (AvgIpc) is 3.24. The van der Waals surface area contributed by atoms with E-state index in [-0.39, 0.29) is 11.8 Å². The summed E-state index contributed by atoms with van der Waals surface area (Å²) in [6.45, 7) is 2.29. The highest BCUT2D eigenvalue weighted by atomic mass is 16.5. The fourth-order valence-electron chi connectivity index (χ4n) is 4.39. The number of benzene rings is 2. The third kappa shape index (κ3) is 4.75. The number of hydrogen-bond acceptors (Lipinski definition) is 6. The lowest BCUT2D eigenvalue weighted by molar-refractivity contribution is 0.0738. The minimum Gasteiger partial charge on any atom is -0.497 e. The van der Waals surface area contributed by atoms with Crippen molar-refractivity contribution in [1.82, 2.24) is 9.88 Å². The third-order valence-electron chi connectivity index (χ3n) is 6.11. The van der Waals surface area contributed by atoms with Gasteiger partial charge in [0.1, 0.15) is 17.2 Å². The normalized spacial score (nSPS) is 16.3. The molecule has 7 nitrogen and oxygen atoms in total. The number of pyridine rings is 1. The first kappa shape index (κ1) is 22.0. The highest BCUT2D eigenvalue weighted by Crippen LogP contribution is 2.26. The number of amides is 1. The number of carbonyl (C=O) groups is 1. The molecule has 7 heteroatoms. The second-order valence-electron chi connectivity index (χ2n) is 8.40. The molecule has 0 unspecified atom stereocenters. The number of ether oxygens (including phenoxy) is 2. The lowest BCUT2D eigenvalue weighted by Crippen LogP contribution is -2.36. The Hall–Kier alpha value is -3.84. The molecule has 2 aromatic carbocycles. The Morgan fingerprint density at radius 3 is 2.88 bits per heavy atom. The second kappa shape index (κ2) is 9.97. The summed E-state index contributed by atoms with van der Waals surface area (Å²) >= 11 is 0. The molecule has 0 radical (unpaired) electrons. The fraction of sp³-hybridized carbons (Fsp3) is 0.259. The maximum atomic E-state index is 13.6. The third-order valence-corrected chi connectivity index (χ3v) is 6.11. The van der Waals surface area contributed by atoms with Crippen LogP contribution in [-0.4, -0.2) is 49.2 Å². The number of methoxy groups -OCH3 is 1. The van der Waals surface area contributed by atoms with Crippen molar-refractivity contribution >= 4 is 28.4 Å². The van der Waals surface area contributed by atoms with Crippen molar-refractivity contribution in [1.29, 1.82) is 0 Å². The average molecular weight is 458 g/mol. The van der Waals surface area contributed by atoms with Crippen LogP contribution in [0, 0.1) is 5.92 Å². The number of nitrogens with one attached hydrogen (secondary N) is 1. The summed E-state index contributed by atoms with van der Waals surface area (Å²) in [6, 6.07) is 19.2. The van der Waals surface area contributed by atoms with Gasteiger partial charge in [0.15, 0.2) is 0 Å². The standard InChI is InChI=1S/C27H27N3O4/c1-32-22-9-7-21(8-10-22)29-26-24(5-3-12-28-26)27(31)30-13-15-33-18-19(17-30)16-20-4-2-6-25-23(20)11-14-34-25/h2-12,14,19H,13,15-18H2,1H3,(H,28,29)/t19-/m0/s1. The van der Waals surface area contributed by atoms with Gasteiger partial charge >= 0.3 is 0 Å². The van der Waals surface area contributed by atoms with Crippen LogP contribution >= 0.6 is 0 Å².